The van der Waals surface area contributed by atoms with Gasteiger partial charge in [-0.25, -0.2) is 4.98 Å². The molecule has 0 radical (unpaired) electrons. The van der Waals surface area contributed by atoms with Crippen molar-refractivity contribution in [1.82, 2.24) is 9.97 Å². The van der Waals surface area contributed by atoms with E-state index < -0.39 is 0 Å². The van der Waals surface area contributed by atoms with Gasteiger partial charge in [-0.1, -0.05) is 12.0 Å². The number of aryl methyl sites for hydroxylation is 1. The first-order valence-corrected chi connectivity index (χ1v) is 8.26. The topological polar surface area (TPSA) is 89.1 Å². The summed E-state index contributed by atoms with van der Waals surface area (Å²) in [7, 11) is 0. The van der Waals surface area contributed by atoms with Crippen LogP contribution in [-0.4, -0.2) is 21.5 Å². The van der Waals surface area contributed by atoms with Crippen molar-refractivity contribution in [3.63, 3.8) is 0 Å². The fourth-order valence-electron chi connectivity index (χ4n) is 1.98. The normalized spacial score (nSPS) is 9.32. The molecule has 3 rings (SSSR count). The Morgan fingerprint density at radius 2 is 1.92 bits per heavy atom. The highest BCUT2D eigenvalue weighted by atomic mass is 32.1. The van der Waals surface area contributed by atoms with E-state index in [2.05, 4.69) is 27.5 Å². The molecule has 0 aliphatic rings. The highest BCUT2D eigenvalue weighted by Crippen LogP contribution is 2.20. The summed E-state index contributed by atoms with van der Waals surface area (Å²) in [6.45, 7) is 2.00. The van der Waals surface area contributed by atoms with E-state index in [4.69, 9.17) is 4.79 Å². The van der Waals surface area contributed by atoms with Crippen LogP contribution in [0.1, 0.15) is 26.8 Å². The van der Waals surface area contributed by atoms with Crippen molar-refractivity contribution in [2.45, 2.75) is 13.3 Å². The van der Waals surface area contributed by atoms with Crippen LogP contribution >= 0.6 is 11.3 Å². The van der Waals surface area contributed by atoms with Crippen molar-refractivity contribution in [2.75, 3.05) is 0 Å². The van der Waals surface area contributed by atoms with Crippen molar-refractivity contribution >= 4 is 17.7 Å². The van der Waals surface area contributed by atoms with Gasteiger partial charge in [0, 0.05) is 28.8 Å². The molecule has 0 aliphatic heterocycles. The Bertz CT molecular complexity index is 879. The van der Waals surface area contributed by atoms with Crippen LogP contribution in [0.3, 0.4) is 0 Å². The van der Waals surface area contributed by atoms with Crippen LogP contribution in [0.25, 0.3) is 0 Å². The number of phenols is 1. The maximum absolute atomic E-state index is 9.26. The number of pyridine rings is 1. The zero-order valence-electron chi connectivity index (χ0n) is 13.6. The lowest BCUT2D eigenvalue weighted by molar-refractivity contribution is -0.106. The number of nitrogens with two attached hydrogens (primary N) is 1. The van der Waals surface area contributed by atoms with E-state index in [-0.39, 0.29) is 12.2 Å². The number of carbonyl (C=O) groups excluding carboxylic acids is 1. The summed E-state index contributed by atoms with van der Waals surface area (Å²) in [5, 5.41) is 10.1. The first-order chi connectivity index (χ1) is 12.1. The molecule has 2 aromatic heterocycles. The van der Waals surface area contributed by atoms with Crippen molar-refractivity contribution in [2.24, 2.45) is 5.73 Å². The van der Waals surface area contributed by atoms with Gasteiger partial charge in [-0.05, 0) is 49.2 Å². The highest BCUT2D eigenvalue weighted by Gasteiger charge is 2.07. The van der Waals surface area contributed by atoms with Crippen LogP contribution in [0.2, 0.25) is 0 Å². The van der Waals surface area contributed by atoms with Crippen LogP contribution in [-0.2, 0) is 11.2 Å². The number of primary amides is 1. The summed E-state index contributed by atoms with van der Waals surface area (Å²) < 4.78 is 0. The van der Waals surface area contributed by atoms with Crippen LogP contribution in [0.5, 0.6) is 5.75 Å². The molecule has 0 atom stereocenters. The second kappa shape index (κ2) is 9.21. The second-order valence-electron chi connectivity index (χ2n) is 4.96. The van der Waals surface area contributed by atoms with Gasteiger partial charge in [0.15, 0.2) is 5.01 Å². The van der Waals surface area contributed by atoms with Crippen molar-refractivity contribution in [3.8, 4) is 17.6 Å². The standard InChI is InChI=1S/C18H14N2OS.CH3NO/c1-13-17(12-15-4-2-3-11-19-15)22-18(20-13)10-7-14-5-8-16(21)9-6-14;2-1-3/h2-6,8-9,11,21H,12H2,1H3;1H,(H2,2,3). The molecule has 6 heteroatoms. The molecular weight excluding hydrogens is 334 g/mol. The van der Waals surface area contributed by atoms with Crippen molar-refractivity contribution in [1.29, 1.82) is 0 Å². The highest BCUT2D eigenvalue weighted by molar-refractivity contribution is 7.12. The van der Waals surface area contributed by atoms with Crippen LogP contribution in [0.4, 0.5) is 0 Å². The molecule has 1 aromatic carbocycles. The Hall–Kier alpha value is -3.17. The number of nitrogens with zero attached hydrogens (tertiary/aromatic N) is 2. The summed E-state index contributed by atoms with van der Waals surface area (Å²) in [5.74, 6) is 6.39. The van der Waals surface area contributed by atoms with E-state index in [0.717, 1.165) is 28.4 Å². The van der Waals surface area contributed by atoms with Gasteiger partial charge in [0.1, 0.15) is 5.75 Å². The Morgan fingerprint density at radius 1 is 1.20 bits per heavy atom. The Labute approximate surface area is 150 Å². The number of carbonyl (C=O) groups is 1. The number of benzene rings is 1. The lowest BCUT2D eigenvalue weighted by Gasteiger charge is -1.97. The summed E-state index contributed by atoms with van der Waals surface area (Å²) in [4.78, 5) is 18.6. The van der Waals surface area contributed by atoms with Crippen LogP contribution in [0, 0.1) is 18.8 Å². The third-order valence-electron chi connectivity index (χ3n) is 3.14. The minimum Gasteiger partial charge on any atom is -0.508 e. The number of hydrogen-bond acceptors (Lipinski definition) is 5. The minimum atomic E-state index is 0.244. The molecule has 0 unspecified atom stereocenters. The average molecular weight is 351 g/mol. The minimum absolute atomic E-state index is 0.244. The molecule has 3 aromatic rings. The third kappa shape index (κ3) is 5.75. The van der Waals surface area contributed by atoms with E-state index in [1.54, 1.807) is 41.8 Å². The molecule has 5 nitrogen and oxygen atoms in total. The molecule has 2 heterocycles. The molecule has 0 fully saturated rings. The van der Waals surface area contributed by atoms with Gasteiger partial charge < -0.3 is 10.8 Å². The van der Waals surface area contributed by atoms with Gasteiger partial charge in [0.2, 0.25) is 6.41 Å². The van der Waals surface area contributed by atoms with Gasteiger partial charge in [-0.2, -0.15) is 0 Å². The Balaban J connectivity index is 0.000000701. The van der Waals surface area contributed by atoms with Gasteiger partial charge in [-0.3, -0.25) is 9.78 Å². The van der Waals surface area contributed by atoms with Gasteiger partial charge in [0.25, 0.3) is 0 Å². The van der Waals surface area contributed by atoms with Crippen LogP contribution in [0.15, 0.2) is 48.7 Å². The average Bonchev–Trinajstić information content (AvgIpc) is 2.96. The third-order valence-corrected chi connectivity index (χ3v) is 4.21. The summed E-state index contributed by atoms with van der Waals surface area (Å²) in [6, 6.07) is 12.8. The lowest BCUT2D eigenvalue weighted by Crippen LogP contribution is -1.90. The van der Waals surface area contributed by atoms with E-state index in [0.29, 0.717) is 0 Å². The molecule has 25 heavy (non-hydrogen) atoms. The summed E-state index contributed by atoms with van der Waals surface area (Å²) in [5.41, 5.74) is 7.06. The summed E-state index contributed by atoms with van der Waals surface area (Å²) >= 11 is 1.60. The molecule has 0 saturated heterocycles. The Kier molecular flexibility index (Phi) is 6.69. The maximum Gasteiger partial charge on any atom is 0.204 e. The first kappa shape index (κ1) is 18.2. The number of hydrogen-bond donors (Lipinski definition) is 2. The maximum atomic E-state index is 9.26. The molecule has 0 aliphatic carbocycles. The molecule has 0 spiro atoms. The second-order valence-corrected chi connectivity index (χ2v) is 6.04. The number of aromatic hydroxyl groups is 1. The largest absolute Gasteiger partial charge is 0.508 e. The predicted molar refractivity (Wildman–Crippen MR) is 98.2 cm³/mol. The monoisotopic (exact) mass is 351 g/mol. The zero-order chi connectivity index (χ0) is 18.1. The van der Waals surface area contributed by atoms with Crippen molar-refractivity contribution < 1.29 is 9.90 Å². The fraction of sp³-hybridized carbons (Fsp3) is 0.105. The van der Waals surface area contributed by atoms with Crippen LogP contribution < -0.4 is 5.73 Å². The predicted octanol–water partition coefficient (Wildman–Crippen LogP) is 2.64. The fourth-order valence-corrected chi connectivity index (χ4v) is 2.91. The number of phenolic OH excluding ortho intramolecular Hbond substituents is 1. The molecule has 0 saturated carbocycles. The van der Waals surface area contributed by atoms with E-state index in [1.165, 1.54) is 4.88 Å². The van der Waals surface area contributed by atoms with E-state index >= 15 is 0 Å². The number of aromatic nitrogens is 2. The number of rotatable bonds is 2. The van der Waals surface area contributed by atoms with E-state index in [9.17, 15) is 5.11 Å². The molecule has 126 valence electrons. The molecule has 0 bridgehead atoms. The molecule has 1 amide bonds. The Morgan fingerprint density at radius 3 is 2.56 bits per heavy atom. The van der Waals surface area contributed by atoms with E-state index in [1.807, 2.05) is 25.1 Å². The first-order valence-electron chi connectivity index (χ1n) is 7.45. The van der Waals surface area contributed by atoms with Gasteiger partial charge in [-0.15, -0.1) is 11.3 Å². The molecule has 3 N–H and O–H groups in total. The van der Waals surface area contributed by atoms with Gasteiger partial charge in [0.05, 0.1) is 5.69 Å². The number of thiazole rings is 1. The summed E-state index contributed by atoms with van der Waals surface area (Å²) in [6.07, 6.45) is 2.84. The quantitative estimate of drug-likeness (QED) is 0.549. The number of amides is 1. The smallest absolute Gasteiger partial charge is 0.204 e. The lowest BCUT2D eigenvalue weighted by atomic mass is 10.2. The van der Waals surface area contributed by atoms with Crippen molar-refractivity contribution in [3.05, 3.63) is 75.5 Å². The zero-order valence-corrected chi connectivity index (χ0v) is 14.5. The SMILES string of the molecule is Cc1nc(C#Cc2ccc(O)cc2)sc1Cc1ccccn1.NC=O. The molecular formula is C19H17N3O2S. The van der Waals surface area contributed by atoms with Gasteiger partial charge >= 0.3 is 0 Å².